The van der Waals surface area contributed by atoms with Crippen molar-refractivity contribution < 1.29 is 9.18 Å². The van der Waals surface area contributed by atoms with Crippen LogP contribution < -0.4 is 10.9 Å². The van der Waals surface area contributed by atoms with Gasteiger partial charge in [-0.2, -0.15) is 0 Å². The van der Waals surface area contributed by atoms with E-state index in [9.17, 15) is 14.0 Å². The van der Waals surface area contributed by atoms with Crippen LogP contribution in [0.1, 0.15) is 19.4 Å². The van der Waals surface area contributed by atoms with Gasteiger partial charge in [0.25, 0.3) is 5.56 Å². The third kappa shape index (κ3) is 4.59. The summed E-state index contributed by atoms with van der Waals surface area (Å²) in [4.78, 5) is 29.7. The summed E-state index contributed by atoms with van der Waals surface area (Å²) < 4.78 is 15.5. The molecule has 28 heavy (non-hydrogen) atoms. The molecule has 1 amide bonds. The van der Waals surface area contributed by atoms with Crippen LogP contribution >= 0.6 is 11.8 Å². The highest BCUT2D eigenvalue weighted by molar-refractivity contribution is 7.99. The van der Waals surface area contributed by atoms with E-state index in [1.165, 1.54) is 23.9 Å². The van der Waals surface area contributed by atoms with Crippen LogP contribution in [-0.4, -0.2) is 21.2 Å². The molecule has 0 bridgehead atoms. The predicted molar refractivity (Wildman–Crippen MR) is 111 cm³/mol. The number of aromatic nitrogens is 2. The molecule has 0 radical (unpaired) electrons. The first kappa shape index (κ1) is 20.1. The first-order valence-electron chi connectivity index (χ1n) is 9.03. The highest BCUT2D eigenvalue weighted by Crippen LogP contribution is 2.20. The molecule has 3 rings (SSSR count). The van der Waals surface area contributed by atoms with Gasteiger partial charge in [0.2, 0.25) is 5.91 Å². The molecule has 0 aliphatic carbocycles. The summed E-state index contributed by atoms with van der Waals surface area (Å²) >= 11 is 1.17. The quantitative estimate of drug-likeness (QED) is 0.498. The SMILES string of the molecule is Cc1ccc(NC(=O)CSc2nc3ccccc3c(=O)n2CC(C)C)c(F)c1. The number of hydrogen-bond acceptors (Lipinski definition) is 4. The molecule has 0 fully saturated rings. The van der Waals surface area contributed by atoms with Crippen molar-refractivity contribution in [2.45, 2.75) is 32.5 Å². The Bertz CT molecular complexity index is 1080. The average Bonchev–Trinajstić information content (AvgIpc) is 2.65. The van der Waals surface area contributed by atoms with E-state index in [2.05, 4.69) is 10.3 Å². The third-order valence-electron chi connectivity index (χ3n) is 4.11. The summed E-state index contributed by atoms with van der Waals surface area (Å²) in [7, 11) is 0. The number of hydrogen-bond donors (Lipinski definition) is 1. The maximum Gasteiger partial charge on any atom is 0.262 e. The molecule has 2 aromatic carbocycles. The highest BCUT2D eigenvalue weighted by atomic mass is 32.2. The summed E-state index contributed by atoms with van der Waals surface area (Å²) in [6, 6.07) is 11.8. The number of anilines is 1. The molecule has 1 heterocycles. The molecule has 0 spiro atoms. The molecule has 1 N–H and O–H groups in total. The van der Waals surface area contributed by atoms with Crippen molar-refractivity contribution in [3.05, 3.63) is 64.2 Å². The number of para-hydroxylation sites is 1. The average molecular weight is 399 g/mol. The van der Waals surface area contributed by atoms with Crippen LogP contribution in [0, 0.1) is 18.7 Å². The molecular formula is C21H22FN3O2S. The van der Waals surface area contributed by atoms with Crippen LogP contribution in [0.5, 0.6) is 0 Å². The first-order chi connectivity index (χ1) is 13.3. The smallest absolute Gasteiger partial charge is 0.262 e. The van der Waals surface area contributed by atoms with E-state index < -0.39 is 5.82 Å². The van der Waals surface area contributed by atoms with Gasteiger partial charge in [0.15, 0.2) is 5.16 Å². The molecule has 0 saturated carbocycles. The van der Waals surface area contributed by atoms with Gasteiger partial charge < -0.3 is 5.32 Å². The van der Waals surface area contributed by atoms with Gasteiger partial charge in [0, 0.05) is 6.54 Å². The monoisotopic (exact) mass is 399 g/mol. The van der Waals surface area contributed by atoms with E-state index in [0.717, 1.165) is 5.56 Å². The van der Waals surface area contributed by atoms with Gasteiger partial charge in [-0.3, -0.25) is 14.2 Å². The van der Waals surface area contributed by atoms with Crippen molar-refractivity contribution in [1.29, 1.82) is 0 Å². The minimum Gasteiger partial charge on any atom is -0.323 e. The van der Waals surface area contributed by atoms with Gasteiger partial charge in [-0.1, -0.05) is 43.8 Å². The van der Waals surface area contributed by atoms with Crippen LogP contribution in [0.3, 0.4) is 0 Å². The lowest BCUT2D eigenvalue weighted by Gasteiger charge is -2.15. The topological polar surface area (TPSA) is 64.0 Å². The highest BCUT2D eigenvalue weighted by Gasteiger charge is 2.15. The number of nitrogens with zero attached hydrogens (tertiary/aromatic N) is 2. The fourth-order valence-corrected chi connectivity index (χ4v) is 3.63. The summed E-state index contributed by atoms with van der Waals surface area (Å²) in [5, 5.41) is 3.61. The van der Waals surface area contributed by atoms with Crippen molar-refractivity contribution in [3.8, 4) is 0 Å². The number of carbonyl (C=O) groups excluding carboxylic acids is 1. The molecule has 0 aliphatic rings. The predicted octanol–water partition coefficient (Wildman–Crippen LogP) is 4.23. The number of nitrogens with one attached hydrogen (secondary N) is 1. The molecule has 3 aromatic rings. The summed E-state index contributed by atoms with van der Waals surface area (Å²) in [5.74, 6) is -0.559. The molecule has 146 valence electrons. The zero-order valence-electron chi connectivity index (χ0n) is 16.0. The fraction of sp³-hybridized carbons (Fsp3) is 0.286. The Kier molecular flexibility index (Phi) is 6.14. The molecule has 0 saturated heterocycles. The van der Waals surface area contributed by atoms with Crippen molar-refractivity contribution >= 4 is 34.3 Å². The lowest BCUT2D eigenvalue weighted by Crippen LogP contribution is -2.26. The number of fused-ring (bicyclic) bond motifs is 1. The van der Waals surface area contributed by atoms with E-state index in [-0.39, 0.29) is 28.8 Å². The van der Waals surface area contributed by atoms with Gasteiger partial charge in [-0.25, -0.2) is 9.37 Å². The molecule has 5 nitrogen and oxygen atoms in total. The number of halogens is 1. The van der Waals surface area contributed by atoms with Crippen LogP contribution in [-0.2, 0) is 11.3 Å². The van der Waals surface area contributed by atoms with E-state index in [1.807, 2.05) is 26.0 Å². The molecular weight excluding hydrogens is 377 g/mol. The standard InChI is InChI=1S/C21H22FN3O2S/c1-13(2)11-25-20(27)15-6-4-5-7-17(15)24-21(25)28-12-19(26)23-18-9-8-14(3)10-16(18)22/h4-10,13H,11-12H2,1-3H3,(H,23,26). The van der Waals surface area contributed by atoms with Crippen molar-refractivity contribution in [3.63, 3.8) is 0 Å². The minimum atomic E-state index is -0.473. The minimum absolute atomic E-state index is 0.0240. The van der Waals surface area contributed by atoms with Crippen LogP contribution in [0.2, 0.25) is 0 Å². The van der Waals surface area contributed by atoms with Crippen LogP contribution in [0.15, 0.2) is 52.4 Å². The van der Waals surface area contributed by atoms with Crippen molar-refractivity contribution in [2.24, 2.45) is 5.92 Å². The number of carbonyl (C=O) groups is 1. The third-order valence-corrected chi connectivity index (χ3v) is 5.08. The largest absolute Gasteiger partial charge is 0.323 e. The number of thioether (sulfide) groups is 1. The fourth-order valence-electron chi connectivity index (χ4n) is 2.82. The first-order valence-corrected chi connectivity index (χ1v) is 10.0. The molecule has 7 heteroatoms. The number of amides is 1. The molecule has 1 aromatic heterocycles. The molecule has 0 atom stereocenters. The van der Waals surface area contributed by atoms with E-state index >= 15 is 0 Å². The zero-order valence-corrected chi connectivity index (χ0v) is 16.8. The van der Waals surface area contributed by atoms with Gasteiger partial charge in [-0.05, 0) is 42.7 Å². The van der Waals surface area contributed by atoms with Crippen LogP contribution in [0.25, 0.3) is 10.9 Å². The Balaban J connectivity index is 1.82. The van der Waals surface area contributed by atoms with Gasteiger partial charge in [0.05, 0.1) is 22.3 Å². The normalized spacial score (nSPS) is 11.2. The number of benzene rings is 2. The van der Waals surface area contributed by atoms with Gasteiger partial charge >= 0.3 is 0 Å². The maximum absolute atomic E-state index is 13.9. The molecule has 0 unspecified atom stereocenters. The zero-order chi connectivity index (χ0) is 20.3. The van der Waals surface area contributed by atoms with Gasteiger partial charge in [-0.15, -0.1) is 0 Å². The Morgan fingerprint density at radius 1 is 1.25 bits per heavy atom. The Labute approximate surface area is 167 Å². The Morgan fingerprint density at radius 2 is 2.00 bits per heavy atom. The lowest BCUT2D eigenvalue weighted by molar-refractivity contribution is -0.113. The Hall–Kier alpha value is -2.67. The molecule has 0 aliphatic heterocycles. The van der Waals surface area contributed by atoms with Crippen LogP contribution in [0.4, 0.5) is 10.1 Å². The van der Waals surface area contributed by atoms with Crippen molar-refractivity contribution in [2.75, 3.05) is 11.1 Å². The number of rotatable bonds is 6. The number of aryl methyl sites for hydroxylation is 1. The summed E-state index contributed by atoms with van der Waals surface area (Å²) in [6.45, 7) is 6.32. The lowest BCUT2D eigenvalue weighted by atomic mass is 10.2. The van der Waals surface area contributed by atoms with E-state index in [0.29, 0.717) is 22.6 Å². The second-order valence-electron chi connectivity index (χ2n) is 7.04. The summed E-state index contributed by atoms with van der Waals surface area (Å²) in [5.41, 5.74) is 1.40. The van der Waals surface area contributed by atoms with Gasteiger partial charge in [0.1, 0.15) is 5.82 Å². The Morgan fingerprint density at radius 3 is 2.71 bits per heavy atom. The van der Waals surface area contributed by atoms with E-state index in [4.69, 9.17) is 0 Å². The second-order valence-corrected chi connectivity index (χ2v) is 7.98. The van der Waals surface area contributed by atoms with E-state index in [1.54, 1.807) is 29.7 Å². The van der Waals surface area contributed by atoms with Crippen molar-refractivity contribution in [1.82, 2.24) is 9.55 Å². The second kappa shape index (κ2) is 8.56. The summed E-state index contributed by atoms with van der Waals surface area (Å²) in [6.07, 6.45) is 0. The maximum atomic E-state index is 13.9.